The van der Waals surface area contributed by atoms with Crippen LogP contribution in [0.25, 0.3) is 87.6 Å². The van der Waals surface area contributed by atoms with Gasteiger partial charge < -0.3 is 4.42 Å². The summed E-state index contributed by atoms with van der Waals surface area (Å²) in [6.45, 7) is 0. The van der Waals surface area contributed by atoms with Gasteiger partial charge in [-0.15, -0.1) is 0 Å². The fourth-order valence-electron chi connectivity index (χ4n) is 12.8. The summed E-state index contributed by atoms with van der Waals surface area (Å²) in [5.41, 5.74) is 13.4. The minimum absolute atomic E-state index is 0.126. The fraction of sp³-hybridized carbons (Fsp3) is 0.192. The zero-order valence-electron chi connectivity index (χ0n) is 29.6. The molecule has 1 spiro atoms. The van der Waals surface area contributed by atoms with E-state index < -0.39 is 0 Å². The van der Waals surface area contributed by atoms with Gasteiger partial charge in [-0.3, -0.25) is 0 Å². The Morgan fingerprint density at radius 3 is 1.64 bits per heavy atom. The van der Waals surface area contributed by atoms with Crippen molar-refractivity contribution in [2.45, 2.75) is 37.5 Å². The van der Waals surface area contributed by atoms with Gasteiger partial charge in [0.1, 0.15) is 11.2 Å². The lowest BCUT2D eigenvalue weighted by atomic mass is 9.43. The Morgan fingerprint density at radius 1 is 0.415 bits per heavy atom. The molecule has 0 radical (unpaired) electrons. The van der Waals surface area contributed by atoms with E-state index in [1.54, 1.807) is 11.1 Å². The number of fused-ring (bicyclic) bond motifs is 10. The second-order valence-corrected chi connectivity index (χ2v) is 16.8. The number of hydrogen-bond donors (Lipinski definition) is 0. The van der Waals surface area contributed by atoms with Crippen molar-refractivity contribution in [2.24, 2.45) is 23.7 Å². The highest BCUT2D eigenvalue weighted by atomic mass is 16.3. The van der Waals surface area contributed by atoms with Gasteiger partial charge in [0.25, 0.3) is 0 Å². The van der Waals surface area contributed by atoms with Gasteiger partial charge in [-0.1, -0.05) is 121 Å². The molecule has 0 amide bonds. The molecule has 1 heteroatoms. The van der Waals surface area contributed by atoms with E-state index in [1.807, 2.05) is 6.07 Å². The molecule has 14 rings (SSSR count). The topological polar surface area (TPSA) is 13.1 Å². The lowest BCUT2D eigenvalue weighted by Crippen LogP contribution is -2.55. The van der Waals surface area contributed by atoms with Crippen LogP contribution < -0.4 is 0 Å². The van der Waals surface area contributed by atoms with E-state index >= 15 is 0 Å². The summed E-state index contributed by atoms with van der Waals surface area (Å²) in [6.07, 6.45) is 7.06. The summed E-state index contributed by atoms with van der Waals surface area (Å²) in [5, 5.41) is 10.4. The molecule has 9 aromatic rings. The third-order valence-electron chi connectivity index (χ3n) is 14.4. The quantitative estimate of drug-likeness (QED) is 0.166. The zero-order chi connectivity index (χ0) is 34.4. The van der Waals surface area contributed by atoms with Crippen molar-refractivity contribution in [1.82, 2.24) is 0 Å². The Morgan fingerprint density at radius 2 is 0.962 bits per heavy atom. The monoisotopic (exact) mass is 678 g/mol. The molecule has 0 unspecified atom stereocenters. The van der Waals surface area contributed by atoms with E-state index in [4.69, 9.17) is 4.42 Å². The summed E-state index contributed by atoms with van der Waals surface area (Å²) in [5.74, 6) is 3.32. The van der Waals surface area contributed by atoms with Crippen LogP contribution in [0, 0.1) is 23.7 Å². The molecule has 4 fully saturated rings. The highest BCUT2D eigenvalue weighted by Crippen LogP contribution is 2.70. The average Bonchev–Trinajstić information content (AvgIpc) is 3.72. The molecule has 8 aromatic carbocycles. The van der Waals surface area contributed by atoms with Crippen LogP contribution in [-0.2, 0) is 5.41 Å². The minimum Gasteiger partial charge on any atom is -0.456 e. The molecule has 0 aliphatic heterocycles. The second kappa shape index (κ2) is 10.3. The van der Waals surface area contributed by atoms with E-state index in [0.29, 0.717) is 0 Å². The third-order valence-corrected chi connectivity index (χ3v) is 14.4. The van der Waals surface area contributed by atoms with Crippen molar-refractivity contribution in [3.63, 3.8) is 0 Å². The van der Waals surface area contributed by atoms with E-state index in [1.165, 1.54) is 103 Å². The molecule has 53 heavy (non-hydrogen) atoms. The smallest absolute Gasteiger partial charge is 0.135 e. The zero-order valence-corrected chi connectivity index (χ0v) is 29.6. The summed E-state index contributed by atoms with van der Waals surface area (Å²) in [7, 11) is 0. The van der Waals surface area contributed by atoms with E-state index in [-0.39, 0.29) is 5.41 Å². The maximum Gasteiger partial charge on any atom is 0.135 e. The summed E-state index contributed by atoms with van der Waals surface area (Å²) in [6, 6.07) is 55.1. The van der Waals surface area contributed by atoms with Crippen LogP contribution in [0.2, 0.25) is 0 Å². The van der Waals surface area contributed by atoms with Crippen molar-refractivity contribution >= 4 is 54.3 Å². The fourth-order valence-corrected chi connectivity index (χ4v) is 12.8. The lowest BCUT2D eigenvalue weighted by molar-refractivity contribution is -0.0393. The number of furan rings is 1. The van der Waals surface area contributed by atoms with Crippen molar-refractivity contribution in [3.05, 3.63) is 157 Å². The molecule has 252 valence electrons. The SMILES string of the molecule is c1ccc2c3c(ccc2c1)-c1cc(-c2c4ccccc4c(-c4ccc5oc6ccccc6c5c4)c4ccccc24)ccc1C31C2CC3CC(C2)CC1C3. The van der Waals surface area contributed by atoms with Crippen LogP contribution >= 0.6 is 0 Å². The number of benzene rings is 8. The second-order valence-electron chi connectivity index (χ2n) is 16.8. The first-order valence-corrected chi connectivity index (χ1v) is 19.8. The maximum absolute atomic E-state index is 6.25. The predicted molar refractivity (Wildman–Crippen MR) is 220 cm³/mol. The number of hydrogen-bond acceptors (Lipinski definition) is 1. The molecule has 0 N–H and O–H groups in total. The molecular formula is C52H38O. The van der Waals surface area contributed by atoms with E-state index in [0.717, 1.165) is 40.2 Å². The Bertz CT molecular complexity index is 2940. The van der Waals surface area contributed by atoms with Crippen molar-refractivity contribution in [1.29, 1.82) is 0 Å². The Balaban J connectivity index is 1.08. The highest BCUT2D eigenvalue weighted by molar-refractivity contribution is 6.22. The van der Waals surface area contributed by atoms with Crippen molar-refractivity contribution < 1.29 is 4.42 Å². The van der Waals surface area contributed by atoms with Gasteiger partial charge in [-0.2, -0.15) is 0 Å². The molecular weight excluding hydrogens is 641 g/mol. The predicted octanol–water partition coefficient (Wildman–Crippen LogP) is 14.1. The average molecular weight is 679 g/mol. The standard InChI is InChI=1S/C52H38O/c1-2-10-37-32(9-1)17-20-43-44-28-33(18-21-46(44)52(51(37)43)35-24-30-23-31(26-35)27-36(52)25-30)49-39-12-3-5-14-41(39)50(42-15-6-4-13-40(42)49)34-19-22-48-45(29-34)38-11-7-8-16-47(38)53-48/h1-22,28-31,35-36H,23-27H2. The van der Waals surface area contributed by atoms with Gasteiger partial charge in [-0.05, 0) is 157 Å². The first kappa shape index (κ1) is 28.9. The first-order chi connectivity index (χ1) is 26.2. The van der Waals surface area contributed by atoms with E-state index in [2.05, 4.69) is 140 Å². The van der Waals surface area contributed by atoms with Gasteiger partial charge in [0.05, 0.1) is 0 Å². The largest absolute Gasteiger partial charge is 0.456 e. The molecule has 5 aliphatic rings. The van der Waals surface area contributed by atoms with Gasteiger partial charge >= 0.3 is 0 Å². The molecule has 5 aliphatic carbocycles. The minimum atomic E-state index is 0.126. The van der Waals surface area contributed by atoms with Crippen LogP contribution in [0.1, 0.15) is 43.2 Å². The highest BCUT2D eigenvalue weighted by Gasteiger charge is 2.62. The molecule has 4 bridgehead atoms. The lowest BCUT2D eigenvalue weighted by Gasteiger charge is -2.61. The van der Waals surface area contributed by atoms with Gasteiger partial charge in [0, 0.05) is 16.2 Å². The third kappa shape index (κ3) is 3.68. The normalized spacial score (nSPS) is 23.9. The number of para-hydroxylation sites is 1. The van der Waals surface area contributed by atoms with Crippen molar-refractivity contribution in [2.75, 3.05) is 0 Å². The summed E-state index contributed by atoms with van der Waals surface area (Å²) >= 11 is 0. The Labute approximate surface area is 308 Å². The summed E-state index contributed by atoms with van der Waals surface area (Å²) < 4.78 is 6.25. The number of rotatable bonds is 2. The summed E-state index contributed by atoms with van der Waals surface area (Å²) in [4.78, 5) is 0. The van der Waals surface area contributed by atoms with Gasteiger partial charge in [-0.25, -0.2) is 0 Å². The van der Waals surface area contributed by atoms with Crippen LogP contribution in [0.5, 0.6) is 0 Å². The molecule has 1 heterocycles. The van der Waals surface area contributed by atoms with E-state index in [9.17, 15) is 0 Å². The van der Waals surface area contributed by atoms with Crippen LogP contribution in [0.15, 0.2) is 150 Å². The molecule has 0 atom stereocenters. The molecule has 0 saturated heterocycles. The first-order valence-electron chi connectivity index (χ1n) is 19.8. The molecule has 1 aromatic heterocycles. The van der Waals surface area contributed by atoms with Gasteiger partial charge in [0.15, 0.2) is 0 Å². The van der Waals surface area contributed by atoms with Crippen LogP contribution in [-0.4, -0.2) is 0 Å². The van der Waals surface area contributed by atoms with Crippen molar-refractivity contribution in [3.8, 4) is 33.4 Å². The van der Waals surface area contributed by atoms with Crippen LogP contribution in [0.4, 0.5) is 0 Å². The Hall–Kier alpha value is -5.66. The maximum atomic E-state index is 6.25. The molecule has 4 saturated carbocycles. The molecule has 1 nitrogen and oxygen atoms in total. The van der Waals surface area contributed by atoms with Crippen LogP contribution in [0.3, 0.4) is 0 Å². The van der Waals surface area contributed by atoms with Gasteiger partial charge in [0.2, 0.25) is 0 Å². The Kier molecular flexibility index (Phi) is 5.59.